The van der Waals surface area contributed by atoms with E-state index in [1.807, 2.05) is 11.9 Å². The minimum Gasteiger partial charge on any atom is -0.341 e. The van der Waals surface area contributed by atoms with Crippen LogP contribution in [0.5, 0.6) is 0 Å². The molecule has 2 unspecified atom stereocenters. The number of hydrogen-bond donors (Lipinski definition) is 2. The molecule has 1 amide bonds. The molecule has 0 bridgehead atoms. The number of amidine groups is 1. The summed E-state index contributed by atoms with van der Waals surface area (Å²) in [6, 6.07) is 6.20. The standard InChI is InChI=1S/C19H28N4O3S/c1-3-4-8-16(19(24)23-11-10-14(13-23)12-20-2)21-18-15-7-5-6-9-17(15)27(25,26)22-18/h5-7,9,14,16,20H,3-4,8,10-13H2,1-2H3,(H,21,22). The van der Waals surface area contributed by atoms with Gasteiger partial charge in [-0.1, -0.05) is 31.9 Å². The fraction of sp³-hybridized carbons (Fsp3) is 0.579. The molecular formula is C19H28N4O3S. The summed E-state index contributed by atoms with van der Waals surface area (Å²) < 4.78 is 27.1. The summed E-state index contributed by atoms with van der Waals surface area (Å²) in [6.07, 6.45) is 3.43. The molecule has 2 aliphatic heterocycles. The topological polar surface area (TPSA) is 90.9 Å². The molecular weight excluding hydrogens is 364 g/mol. The molecule has 2 heterocycles. The number of amides is 1. The van der Waals surface area contributed by atoms with E-state index in [4.69, 9.17) is 0 Å². The van der Waals surface area contributed by atoms with Gasteiger partial charge < -0.3 is 10.2 Å². The number of carbonyl (C=O) groups excluding carboxylic acids is 1. The summed E-state index contributed by atoms with van der Waals surface area (Å²) in [6.45, 7) is 4.43. The van der Waals surface area contributed by atoms with Crippen molar-refractivity contribution in [3.8, 4) is 0 Å². The van der Waals surface area contributed by atoms with Crippen molar-refractivity contribution in [1.82, 2.24) is 14.9 Å². The van der Waals surface area contributed by atoms with Crippen molar-refractivity contribution in [2.75, 3.05) is 26.7 Å². The number of benzene rings is 1. The molecule has 0 spiro atoms. The number of rotatable bonds is 7. The van der Waals surface area contributed by atoms with E-state index in [1.54, 1.807) is 24.3 Å². The highest BCUT2D eigenvalue weighted by Gasteiger charge is 2.34. The molecule has 0 radical (unpaired) electrons. The number of fused-ring (bicyclic) bond motifs is 1. The lowest BCUT2D eigenvalue weighted by molar-refractivity contribution is -0.131. The molecule has 7 nitrogen and oxygen atoms in total. The van der Waals surface area contributed by atoms with Crippen LogP contribution in [0.2, 0.25) is 0 Å². The van der Waals surface area contributed by atoms with Gasteiger partial charge in [0.2, 0.25) is 5.91 Å². The van der Waals surface area contributed by atoms with Crippen molar-refractivity contribution in [3.05, 3.63) is 29.8 Å². The van der Waals surface area contributed by atoms with Crippen LogP contribution in [0.25, 0.3) is 0 Å². The van der Waals surface area contributed by atoms with Crippen LogP contribution < -0.4 is 10.0 Å². The van der Waals surface area contributed by atoms with Crippen molar-refractivity contribution in [3.63, 3.8) is 0 Å². The van der Waals surface area contributed by atoms with Gasteiger partial charge in [-0.3, -0.25) is 14.5 Å². The first kappa shape index (κ1) is 19.8. The molecule has 3 rings (SSSR count). The number of nitrogens with one attached hydrogen (secondary N) is 2. The number of likely N-dealkylation sites (tertiary alicyclic amines) is 1. The number of hydrogen-bond acceptors (Lipinski definition) is 5. The van der Waals surface area contributed by atoms with Crippen molar-refractivity contribution in [2.24, 2.45) is 10.9 Å². The van der Waals surface area contributed by atoms with Crippen molar-refractivity contribution < 1.29 is 13.2 Å². The van der Waals surface area contributed by atoms with Gasteiger partial charge in [-0.2, -0.15) is 0 Å². The number of carbonyl (C=O) groups is 1. The molecule has 0 saturated carbocycles. The number of nitrogens with zero attached hydrogens (tertiary/aromatic N) is 2. The highest BCUT2D eigenvalue weighted by molar-refractivity contribution is 7.90. The Morgan fingerprint density at radius 1 is 1.41 bits per heavy atom. The van der Waals surface area contributed by atoms with Gasteiger partial charge in [0.25, 0.3) is 10.0 Å². The molecule has 27 heavy (non-hydrogen) atoms. The van der Waals surface area contributed by atoms with E-state index >= 15 is 0 Å². The molecule has 2 atom stereocenters. The number of aliphatic imine (C=N–C) groups is 1. The first-order chi connectivity index (χ1) is 13.0. The maximum atomic E-state index is 13.1. The van der Waals surface area contributed by atoms with E-state index < -0.39 is 16.1 Å². The van der Waals surface area contributed by atoms with E-state index in [2.05, 4.69) is 22.0 Å². The van der Waals surface area contributed by atoms with E-state index in [1.165, 1.54) is 0 Å². The van der Waals surface area contributed by atoms with E-state index in [9.17, 15) is 13.2 Å². The van der Waals surface area contributed by atoms with Gasteiger partial charge in [-0.25, -0.2) is 8.42 Å². The van der Waals surface area contributed by atoms with Crippen LogP contribution in [0.15, 0.2) is 34.2 Å². The lowest BCUT2D eigenvalue weighted by Gasteiger charge is -2.21. The molecule has 1 saturated heterocycles. The summed E-state index contributed by atoms with van der Waals surface area (Å²) in [5.74, 6) is 0.744. The summed E-state index contributed by atoms with van der Waals surface area (Å²) in [4.78, 5) is 19.8. The van der Waals surface area contributed by atoms with Crippen molar-refractivity contribution >= 4 is 21.8 Å². The van der Waals surface area contributed by atoms with Crippen LogP contribution in [-0.2, 0) is 14.8 Å². The average molecular weight is 393 g/mol. The summed E-state index contributed by atoms with van der Waals surface area (Å²) >= 11 is 0. The fourth-order valence-corrected chi connectivity index (χ4v) is 4.96. The maximum absolute atomic E-state index is 13.1. The first-order valence-corrected chi connectivity index (χ1v) is 11.1. The molecule has 2 aliphatic rings. The molecule has 0 aliphatic carbocycles. The quantitative estimate of drug-likeness (QED) is 0.733. The fourth-order valence-electron chi connectivity index (χ4n) is 3.73. The Hall–Kier alpha value is -1.93. The molecule has 148 valence electrons. The van der Waals surface area contributed by atoms with Gasteiger partial charge in [0.05, 0.1) is 4.90 Å². The first-order valence-electron chi connectivity index (χ1n) is 9.59. The van der Waals surface area contributed by atoms with E-state index in [0.717, 1.165) is 38.9 Å². The Bertz CT molecular complexity index is 822. The molecule has 2 N–H and O–H groups in total. The molecule has 1 aromatic carbocycles. The lowest BCUT2D eigenvalue weighted by atomic mass is 10.1. The minimum absolute atomic E-state index is 0.00173. The van der Waals surface area contributed by atoms with Crippen LogP contribution in [0, 0.1) is 5.92 Å². The third-order valence-electron chi connectivity index (χ3n) is 5.15. The SMILES string of the molecule is CCCCC(N=C1NS(=O)(=O)c2ccccc21)C(=O)N1CCC(CNC)C1. The van der Waals surface area contributed by atoms with Crippen LogP contribution in [0.3, 0.4) is 0 Å². The predicted octanol–water partition coefficient (Wildman–Crippen LogP) is 1.35. The van der Waals surface area contributed by atoms with Gasteiger partial charge in [0, 0.05) is 18.7 Å². The Morgan fingerprint density at radius 2 is 2.19 bits per heavy atom. The smallest absolute Gasteiger partial charge is 0.263 e. The largest absolute Gasteiger partial charge is 0.341 e. The van der Waals surface area contributed by atoms with Gasteiger partial charge in [0.15, 0.2) is 0 Å². The highest BCUT2D eigenvalue weighted by atomic mass is 32.2. The number of unbranched alkanes of at least 4 members (excludes halogenated alkanes) is 1. The van der Waals surface area contributed by atoms with Crippen LogP contribution >= 0.6 is 0 Å². The van der Waals surface area contributed by atoms with Gasteiger partial charge in [-0.15, -0.1) is 0 Å². The number of sulfonamides is 1. The zero-order valence-corrected chi connectivity index (χ0v) is 16.8. The normalized spacial score (nSPS) is 23.3. The van der Waals surface area contributed by atoms with Crippen LogP contribution in [-0.4, -0.2) is 57.8 Å². The highest BCUT2D eigenvalue weighted by Crippen LogP contribution is 2.24. The van der Waals surface area contributed by atoms with Crippen LogP contribution in [0.4, 0.5) is 0 Å². The minimum atomic E-state index is -3.60. The third-order valence-corrected chi connectivity index (χ3v) is 6.55. The Kier molecular flexibility index (Phi) is 6.16. The Labute approximate surface area is 161 Å². The second-order valence-corrected chi connectivity index (χ2v) is 8.88. The van der Waals surface area contributed by atoms with E-state index in [0.29, 0.717) is 17.9 Å². The predicted molar refractivity (Wildman–Crippen MR) is 105 cm³/mol. The third kappa shape index (κ3) is 4.32. The molecule has 1 fully saturated rings. The average Bonchev–Trinajstić information content (AvgIpc) is 3.21. The maximum Gasteiger partial charge on any atom is 0.263 e. The van der Waals surface area contributed by atoms with Crippen molar-refractivity contribution in [2.45, 2.75) is 43.5 Å². The monoisotopic (exact) mass is 392 g/mol. The van der Waals surface area contributed by atoms with Crippen molar-refractivity contribution in [1.29, 1.82) is 0 Å². The Balaban J connectivity index is 1.84. The zero-order chi connectivity index (χ0) is 19.4. The molecule has 1 aromatic rings. The summed E-state index contributed by atoms with van der Waals surface area (Å²) in [5.41, 5.74) is 0.543. The molecule has 0 aromatic heterocycles. The zero-order valence-electron chi connectivity index (χ0n) is 15.9. The van der Waals surface area contributed by atoms with Gasteiger partial charge in [0.1, 0.15) is 11.9 Å². The molecule has 8 heteroatoms. The summed E-state index contributed by atoms with van der Waals surface area (Å²) in [5, 5.41) is 3.17. The van der Waals surface area contributed by atoms with Crippen LogP contribution in [0.1, 0.15) is 38.2 Å². The second-order valence-electron chi connectivity index (χ2n) is 7.23. The van der Waals surface area contributed by atoms with Gasteiger partial charge >= 0.3 is 0 Å². The Morgan fingerprint density at radius 3 is 2.93 bits per heavy atom. The van der Waals surface area contributed by atoms with E-state index in [-0.39, 0.29) is 16.6 Å². The second kappa shape index (κ2) is 8.39. The summed E-state index contributed by atoms with van der Waals surface area (Å²) in [7, 11) is -1.67. The van der Waals surface area contributed by atoms with Gasteiger partial charge in [-0.05, 0) is 44.5 Å². The lowest BCUT2D eigenvalue weighted by Crippen LogP contribution is -2.38.